The molecule has 2 atom stereocenters. The lowest BCUT2D eigenvalue weighted by Crippen LogP contribution is -2.43. The molecule has 0 saturated heterocycles. The first-order valence-corrected chi connectivity index (χ1v) is 8.92. The van der Waals surface area contributed by atoms with E-state index < -0.39 is 0 Å². The van der Waals surface area contributed by atoms with Crippen molar-refractivity contribution in [1.29, 1.82) is 0 Å². The summed E-state index contributed by atoms with van der Waals surface area (Å²) in [5, 5.41) is 0. The fraction of sp³-hybridized carbons (Fsp3) is 1.00. The number of quaternary nitrogens is 1. The standard InChI is InChI=1S/C15H34N.3CH5N/c1-7-8-11-14(2)12-9-10-13-15(3)16(4,5)6;3*1-2/h14-15H,7-13H2,1-6H3;3*2H2,1H3/q+1;;;. The molecule has 0 aromatic rings. The smallest absolute Gasteiger partial charge is 0.0855 e. The van der Waals surface area contributed by atoms with E-state index in [2.05, 4.69) is 59.1 Å². The molecule has 0 aliphatic heterocycles. The molecule has 0 fully saturated rings. The molecule has 22 heavy (non-hydrogen) atoms. The van der Waals surface area contributed by atoms with E-state index in [4.69, 9.17) is 0 Å². The SMILES string of the molecule is CCCCC(C)CCCCC(C)[N+](C)(C)C.CN.CN.CN. The molecule has 0 aromatic heterocycles. The Morgan fingerprint density at radius 3 is 1.41 bits per heavy atom. The molecule has 4 nitrogen and oxygen atoms in total. The number of hydrogen-bond acceptors (Lipinski definition) is 3. The molecule has 2 unspecified atom stereocenters. The summed E-state index contributed by atoms with van der Waals surface area (Å²) in [6, 6.07) is 0.797. The minimum absolute atomic E-state index is 0.797. The number of hydrogen-bond donors (Lipinski definition) is 3. The van der Waals surface area contributed by atoms with Gasteiger partial charge in [0.05, 0.1) is 27.2 Å². The Kier molecular flexibility index (Phi) is 31.3. The zero-order chi connectivity index (χ0) is 18.6. The van der Waals surface area contributed by atoms with Crippen LogP contribution in [-0.4, -0.2) is 52.8 Å². The monoisotopic (exact) mass is 321 g/mol. The molecule has 140 valence electrons. The van der Waals surface area contributed by atoms with E-state index in [-0.39, 0.29) is 0 Å². The lowest BCUT2D eigenvalue weighted by molar-refractivity contribution is -0.894. The topological polar surface area (TPSA) is 78.1 Å². The van der Waals surface area contributed by atoms with Crippen molar-refractivity contribution in [1.82, 2.24) is 0 Å². The Bertz CT molecular complexity index is 167. The van der Waals surface area contributed by atoms with Gasteiger partial charge in [0, 0.05) is 0 Å². The third-order valence-corrected chi connectivity index (χ3v) is 3.94. The van der Waals surface area contributed by atoms with Crippen LogP contribution in [0.5, 0.6) is 0 Å². The second kappa shape index (κ2) is 23.1. The van der Waals surface area contributed by atoms with Gasteiger partial charge in [0.1, 0.15) is 0 Å². The van der Waals surface area contributed by atoms with Crippen molar-refractivity contribution in [2.24, 2.45) is 23.1 Å². The van der Waals surface area contributed by atoms with Crippen molar-refractivity contribution in [2.45, 2.75) is 71.8 Å². The van der Waals surface area contributed by atoms with E-state index in [0.29, 0.717) is 0 Å². The molecule has 0 aliphatic carbocycles. The molecular weight excluding hydrogens is 272 g/mol. The summed E-state index contributed by atoms with van der Waals surface area (Å²) in [4.78, 5) is 0. The van der Waals surface area contributed by atoms with Crippen LogP contribution in [0.15, 0.2) is 0 Å². The Morgan fingerprint density at radius 1 is 0.682 bits per heavy atom. The molecule has 6 N–H and O–H groups in total. The van der Waals surface area contributed by atoms with Gasteiger partial charge in [0.15, 0.2) is 0 Å². The molecular formula is C18H49N4+. The first-order chi connectivity index (χ1) is 10.4. The summed E-state index contributed by atoms with van der Waals surface area (Å²) in [5.41, 5.74) is 13.5. The normalized spacial score (nSPS) is 12.5. The predicted molar refractivity (Wildman–Crippen MR) is 105 cm³/mol. The Balaban J connectivity index is -0.000000238. The minimum Gasteiger partial charge on any atom is -0.333 e. The van der Waals surface area contributed by atoms with Crippen LogP contribution < -0.4 is 17.2 Å². The van der Waals surface area contributed by atoms with E-state index >= 15 is 0 Å². The second-order valence-electron chi connectivity index (χ2n) is 6.50. The van der Waals surface area contributed by atoms with Crippen LogP contribution in [0.1, 0.15) is 65.7 Å². The number of unbranched alkanes of at least 4 members (excludes halogenated alkanes) is 2. The fourth-order valence-corrected chi connectivity index (χ4v) is 2.02. The van der Waals surface area contributed by atoms with Crippen LogP contribution in [0, 0.1) is 5.92 Å². The first-order valence-electron chi connectivity index (χ1n) is 8.92. The van der Waals surface area contributed by atoms with Crippen molar-refractivity contribution < 1.29 is 4.48 Å². The van der Waals surface area contributed by atoms with Gasteiger partial charge >= 0.3 is 0 Å². The molecule has 0 radical (unpaired) electrons. The van der Waals surface area contributed by atoms with Crippen LogP contribution in [-0.2, 0) is 0 Å². The maximum Gasteiger partial charge on any atom is 0.0855 e. The van der Waals surface area contributed by atoms with Crippen LogP contribution in [0.25, 0.3) is 0 Å². The molecule has 0 bridgehead atoms. The van der Waals surface area contributed by atoms with E-state index in [1.54, 1.807) is 0 Å². The summed E-state index contributed by atoms with van der Waals surface area (Å²) in [7, 11) is 11.4. The van der Waals surface area contributed by atoms with Crippen LogP contribution in [0.2, 0.25) is 0 Å². The van der Waals surface area contributed by atoms with Crippen LogP contribution >= 0.6 is 0 Å². The predicted octanol–water partition coefficient (Wildman–Crippen LogP) is 3.19. The van der Waals surface area contributed by atoms with Gasteiger partial charge in [-0.05, 0) is 46.8 Å². The Labute approximate surface area is 142 Å². The van der Waals surface area contributed by atoms with E-state index in [1.807, 2.05) is 0 Å². The lowest BCUT2D eigenvalue weighted by Gasteiger charge is -2.31. The average molecular weight is 322 g/mol. The summed E-state index contributed by atoms with van der Waals surface area (Å²) in [6.07, 6.45) is 9.84. The quantitative estimate of drug-likeness (QED) is 0.451. The third kappa shape index (κ3) is 24.8. The second-order valence-corrected chi connectivity index (χ2v) is 6.50. The highest BCUT2D eigenvalue weighted by Gasteiger charge is 2.17. The van der Waals surface area contributed by atoms with Gasteiger partial charge in [-0.25, -0.2) is 0 Å². The van der Waals surface area contributed by atoms with Gasteiger partial charge in [-0.3, -0.25) is 0 Å². The Hall–Kier alpha value is -0.160. The zero-order valence-corrected chi connectivity index (χ0v) is 17.3. The first kappa shape index (κ1) is 29.8. The van der Waals surface area contributed by atoms with Gasteiger partial charge in [-0.1, -0.05) is 46.0 Å². The summed E-state index contributed by atoms with van der Waals surface area (Å²) in [6.45, 7) is 7.08. The highest BCUT2D eigenvalue weighted by molar-refractivity contribution is 4.56. The average Bonchev–Trinajstić information content (AvgIpc) is 2.54. The molecule has 0 rings (SSSR count). The van der Waals surface area contributed by atoms with Gasteiger partial charge < -0.3 is 21.7 Å². The van der Waals surface area contributed by atoms with Crippen LogP contribution in [0.3, 0.4) is 0 Å². The van der Waals surface area contributed by atoms with Gasteiger partial charge in [-0.15, -0.1) is 0 Å². The van der Waals surface area contributed by atoms with Crippen molar-refractivity contribution in [3.63, 3.8) is 0 Å². The van der Waals surface area contributed by atoms with E-state index in [9.17, 15) is 0 Å². The van der Waals surface area contributed by atoms with Gasteiger partial charge in [0.2, 0.25) is 0 Å². The van der Waals surface area contributed by atoms with Crippen LogP contribution in [0.4, 0.5) is 0 Å². The molecule has 0 amide bonds. The number of rotatable bonds is 9. The maximum absolute atomic E-state index is 4.50. The molecule has 0 heterocycles. The van der Waals surface area contributed by atoms with Gasteiger partial charge in [-0.2, -0.15) is 0 Å². The van der Waals surface area contributed by atoms with Crippen molar-refractivity contribution >= 4 is 0 Å². The number of nitrogens with two attached hydrogens (primary N) is 3. The van der Waals surface area contributed by atoms with Crippen molar-refractivity contribution in [2.75, 3.05) is 42.3 Å². The zero-order valence-electron chi connectivity index (χ0n) is 17.3. The van der Waals surface area contributed by atoms with Gasteiger partial charge in [0.25, 0.3) is 0 Å². The fourth-order valence-electron chi connectivity index (χ4n) is 2.02. The summed E-state index contributed by atoms with van der Waals surface area (Å²) in [5.74, 6) is 0.944. The largest absolute Gasteiger partial charge is 0.333 e. The number of nitrogens with zero attached hydrogens (tertiary/aromatic N) is 1. The highest BCUT2D eigenvalue weighted by Crippen LogP contribution is 2.17. The third-order valence-electron chi connectivity index (χ3n) is 3.94. The van der Waals surface area contributed by atoms with Crippen molar-refractivity contribution in [3.8, 4) is 0 Å². The molecule has 0 aromatic carbocycles. The Morgan fingerprint density at radius 2 is 1.05 bits per heavy atom. The molecule has 0 saturated carbocycles. The minimum atomic E-state index is 0.797. The molecule has 4 heteroatoms. The highest BCUT2D eigenvalue weighted by atomic mass is 15.3. The molecule has 0 spiro atoms. The summed E-state index contributed by atoms with van der Waals surface area (Å²) < 4.78 is 1.10. The molecule has 0 aliphatic rings. The lowest BCUT2D eigenvalue weighted by atomic mass is 9.96. The van der Waals surface area contributed by atoms with E-state index in [0.717, 1.165) is 16.4 Å². The van der Waals surface area contributed by atoms with Crippen molar-refractivity contribution in [3.05, 3.63) is 0 Å². The van der Waals surface area contributed by atoms with E-state index in [1.165, 1.54) is 66.1 Å². The maximum atomic E-state index is 4.50. The summed E-state index contributed by atoms with van der Waals surface area (Å²) >= 11 is 0.